The molecule has 2 aromatic carbocycles. The van der Waals surface area contributed by atoms with Crippen LogP contribution >= 0.6 is 0 Å². The number of para-hydroxylation sites is 1. The molecule has 0 amide bonds. The van der Waals surface area contributed by atoms with Crippen LogP contribution in [0.4, 0.5) is 4.39 Å². The third kappa shape index (κ3) is 3.68. The third-order valence-electron chi connectivity index (χ3n) is 7.01. The van der Waals surface area contributed by atoms with Gasteiger partial charge in [-0.25, -0.2) is 34.0 Å². The predicted molar refractivity (Wildman–Crippen MR) is 140 cm³/mol. The second kappa shape index (κ2) is 8.69. The zero-order chi connectivity index (χ0) is 25.8. The molecule has 0 atom stereocenters. The summed E-state index contributed by atoms with van der Waals surface area (Å²) in [5.41, 5.74) is 5.48. The minimum atomic E-state index is -0.322. The molecule has 1 saturated carbocycles. The molecular weight excluding hydrogens is 483 g/mol. The van der Waals surface area contributed by atoms with Gasteiger partial charge in [0.1, 0.15) is 23.2 Å². The molecule has 4 heterocycles. The number of hydrogen-bond donors (Lipinski definition) is 0. The highest BCUT2D eigenvalue weighted by molar-refractivity contribution is 5.81. The summed E-state index contributed by atoms with van der Waals surface area (Å²) in [5.74, 6) is 1.78. The topological polar surface area (TPSA) is 96.4 Å². The highest BCUT2D eigenvalue weighted by Gasteiger charge is 2.31. The molecule has 0 radical (unpaired) electrons. The van der Waals surface area contributed by atoms with Crippen LogP contribution in [0.25, 0.3) is 44.8 Å². The summed E-state index contributed by atoms with van der Waals surface area (Å²) in [5, 5.41) is 5.41. The maximum Gasteiger partial charge on any atom is 0.227 e. The van der Waals surface area contributed by atoms with Gasteiger partial charge in [0.2, 0.25) is 5.88 Å². The van der Waals surface area contributed by atoms with Gasteiger partial charge in [-0.2, -0.15) is 5.10 Å². The third-order valence-corrected chi connectivity index (χ3v) is 7.01. The van der Waals surface area contributed by atoms with Crippen LogP contribution in [0.5, 0.6) is 5.88 Å². The largest absolute Gasteiger partial charge is 0.480 e. The molecule has 1 fully saturated rings. The summed E-state index contributed by atoms with van der Waals surface area (Å²) in [6, 6.07) is 13.0. The Kier molecular flexibility index (Phi) is 5.14. The molecule has 9 nitrogen and oxygen atoms in total. The standard InChI is InChI=1S/C28H23FN8O/c1-36-21-5-3-4-20(29)24(21)34-26(36)18-8-6-16(7-9-18)14-37-27-19(13-33-37)12-30-25(35-27)22-23(17-10-11-17)31-15-32-28(22)38-2/h3-9,12-13,15,17H,10-11,14H2,1-2H3. The Morgan fingerprint density at radius 1 is 1.00 bits per heavy atom. The highest BCUT2D eigenvalue weighted by atomic mass is 19.1. The lowest BCUT2D eigenvalue weighted by Crippen LogP contribution is -2.05. The van der Waals surface area contributed by atoms with Crippen molar-refractivity contribution >= 4 is 22.1 Å². The SMILES string of the molecule is COc1ncnc(C2CC2)c1-c1ncc2cnn(Cc3ccc(-c4nc5c(F)cccc5n4C)cc3)c2n1. The van der Waals surface area contributed by atoms with E-state index in [2.05, 4.69) is 25.0 Å². The van der Waals surface area contributed by atoms with E-state index in [9.17, 15) is 4.39 Å². The van der Waals surface area contributed by atoms with Crippen molar-refractivity contribution in [2.75, 3.05) is 7.11 Å². The first-order valence-electron chi connectivity index (χ1n) is 12.4. The summed E-state index contributed by atoms with van der Waals surface area (Å²) in [6.07, 6.45) is 7.26. The fraction of sp³-hybridized carbons (Fsp3) is 0.214. The number of hydrogen-bond acceptors (Lipinski definition) is 7. The van der Waals surface area contributed by atoms with E-state index in [1.54, 1.807) is 25.6 Å². The lowest BCUT2D eigenvalue weighted by Gasteiger charge is -2.11. The Hall–Kier alpha value is -4.73. The Labute approximate surface area is 217 Å². The van der Waals surface area contributed by atoms with E-state index in [-0.39, 0.29) is 5.82 Å². The average molecular weight is 507 g/mol. The van der Waals surface area contributed by atoms with Gasteiger partial charge in [-0.3, -0.25) is 0 Å². The number of fused-ring (bicyclic) bond motifs is 2. The number of ether oxygens (including phenoxy) is 1. The first-order chi connectivity index (χ1) is 18.6. The molecule has 0 unspecified atom stereocenters. The van der Waals surface area contributed by atoms with Crippen molar-refractivity contribution in [3.8, 4) is 28.7 Å². The molecule has 7 rings (SSSR count). The summed E-state index contributed by atoms with van der Waals surface area (Å²) < 4.78 is 23.5. The van der Waals surface area contributed by atoms with E-state index in [0.29, 0.717) is 35.5 Å². The zero-order valence-electron chi connectivity index (χ0n) is 20.8. The van der Waals surface area contributed by atoms with E-state index in [0.717, 1.165) is 51.8 Å². The van der Waals surface area contributed by atoms with Gasteiger partial charge in [0, 0.05) is 24.7 Å². The van der Waals surface area contributed by atoms with Gasteiger partial charge in [-0.05, 0) is 30.5 Å². The van der Waals surface area contributed by atoms with Crippen LogP contribution in [0.2, 0.25) is 0 Å². The molecule has 0 N–H and O–H groups in total. The van der Waals surface area contributed by atoms with Crippen molar-refractivity contribution < 1.29 is 9.13 Å². The van der Waals surface area contributed by atoms with Crippen LogP contribution in [-0.2, 0) is 13.6 Å². The number of benzene rings is 2. The molecule has 188 valence electrons. The second-order valence-corrected chi connectivity index (χ2v) is 9.49. The fourth-order valence-electron chi connectivity index (χ4n) is 4.89. The maximum atomic E-state index is 14.2. The normalized spacial score (nSPS) is 13.4. The molecule has 1 aliphatic rings. The minimum Gasteiger partial charge on any atom is -0.480 e. The number of nitrogens with zero attached hydrogens (tertiary/aromatic N) is 8. The number of methoxy groups -OCH3 is 1. The summed E-state index contributed by atoms with van der Waals surface area (Å²) >= 11 is 0. The lowest BCUT2D eigenvalue weighted by molar-refractivity contribution is 0.397. The van der Waals surface area contributed by atoms with Crippen LogP contribution in [-0.4, -0.2) is 46.4 Å². The maximum absolute atomic E-state index is 14.2. The van der Waals surface area contributed by atoms with Crippen molar-refractivity contribution in [2.24, 2.45) is 7.05 Å². The fourth-order valence-corrected chi connectivity index (χ4v) is 4.89. The van der Waals surface area contributed by atoms with Crippen molar-refractivity contribution in [3.63, 3.8) is 0 Å². The lowest BCUT2D eigenvalue weighted by atomic mass is 10.1. The Morgan fingerprint density at radius 3 is 2.61 bits per heavy atom. The van der Waals surface area contributed by atoms with Gasteiger partial charge in [-0.15, -0.1) is 0 Å². The molecule has 0 spiro atoms. The van der Waals surface area contributed by atoms with Gasteiger partial charge in [-0.1, -0.05) is 30.3 Å². The van der Waals surface area contributed by atoms with Crippen molar-refractivity contribution in [1.29, 1.82) is 0 Å². The van der Waals surface area contributed by atoms with E-state index in [1.165, 1.54) is 12.4 Å². The molecule has 10 heteroatoms. The predicted octanol–water partition coefficient (Wildman–Crippen LogP) is 4.91. The Morgan fingerprint density at radius 2 is 1.84 bits per heavy atom. The van der Waals surface area contributed by atoms with Gasteiger partial charge in [0.15, 0.2) is 17.3 Å². The van der Waals surface area contributed by atoms with E-state index < -0.39 is 0 Å². The Balaban J connectivity index is 1.22. The first-order valence-corrected chi connectivity index (χ1v) is 12.4. The summed E-state index contributed by atoms with van der Waals surface area (Å²) in [7, 11) is 3.49. The van der Waals surface area contributed by atoms with Crippen molar-refractivity contribution in [3.05, 3.63) is 78.3 Å². The molecule has 0 bridgehead atoms. The van der Waals surface area contributed by atoms with Crippen molar-refractivity contribution in [1.82, 2.24) is 39.3 Å². The molecule has 0 aliphatic heterocycles. The van der Waals surface area contributed by atoms with Crippen LogP contribution in [0.3, 0.4) is 0 Å². The smallest absolute Gasteiger partial charge is 0.227 e. The number of aryl methyl sites for hydroxylation is 1. The number of imidazole rings is 1. The van der Waals surface area contributed by atoms with E-state index in [4.69, 9.17) is 9.72 Å². The monoisotopic (exact) mass is 506 g/mol. The van der Waals surface area contributed by atoms with E-state index in [1.807, 2.05) is 46.6 Å². The van der Waals surface area contributed by atoms with Crippen LogP contribution in [0.15, 0.2) is 61.2 Å². The van der Waals surface area contributed by atoms with Crippen molar-refractivity contribution in [2.45, 2.75) is 25.3 Å². The van der Waals surface area contributed by atoms with Gasteiger partial charge < -0.3 is 9.30 Å². The van der Waals surface area contributed by atoms with Gasteiger partial charge >= 0.3 is 0 Å². The Bertz CT molecular complexity index is 1820. The van der Waals surface area contributed by atoms with Gasteiger partial charge in [0.05, 0.1) is 36.4 Å². The number of rotatable bonds is 6. The summed E-state index contributed by atoms with van der Waals surface area (Å²) in [4.78, 5) is 22.8. The molecule has 0 saturated heterocycles. The first kappa shape index (κ1) is 22.5. The number of halogens is 1. The van der Waals surface area contributed by atoms with Crippen LogP contribution in [0, 0.1) is 5.82 Å². The highest BCUT2D eigenvalue weighted by Crippen LogP contribution is 2.44. The van der Waals surface area contributed by atoms with E-state index >= 15 is 0 Å². The van der Waals surface area contributed by atoms with Gasteiger partial charge in [0.25, 0.3) is 0 Å². The minimum absolute atomic E-state index is 0.322. The summed E-state index contributed by atoms with van der Waals surface area (Å²) in [6.45, 7) is 0.523. The quantitative estimate of drug-likeness (QED) is 0.317. The molecule has 4 aromatic heterocycles. The average Bonchev–Trinajstić information content (AvgIpc) is 3.64. The molecule has 38 heavy (non-hydrogen) atoms. The molecular formula is C28H23FN8O. The number of aromatic nitrogens is 8. The molecule has 1 aliphatic carbocycles. The van der Waals surface area contributed by atoms with Crippen LogP contribution < -0.4 is 4.74 Å². The zero-order valence-corrected chi connectivity index (χ0v) is 20.8. The second-order valence-electron chi connectivity index (χ2n) is 9.49. The van der Waals surface area contributed by atoms with Crippen LogP contribution in [0.1, 0.15) is 30.0 Å². The molecule has 6 aromatic rings.